The van der Waals surface area contributed by atoms with Gasteiger partial charge < -0.3 is 5.73 Å². The summed E-state index contributed by atoms with van der Waals surface area (Å²) in [5, 5.41) is 8.98. The first-order valence-electron chi connectivity index (χ1n) is 9.46. The number of fused-ring (bicyclic) bond motifs is 1. The first-order valence-corrected chi connectivity index (χ1v) is 9.84. The van der Waals surface area contributed by atoms with E-state index in [9.17, 15) is 4.79 Å². The molecule has 0 unspecified atom stereocenters. The zero-order chi connectivity index (χ0) is 21.4. The number of benzene rings is 1. The monoisotopic (exact) mass is 429 g/mol. The third kappa shape index (κ3) is 3.53. The van der Waals surface area contributed by atoms with Gasteiger partial charge in [-0.05, 0) is 42.0 Å². The van der Waals surface area contributed by atoms with Crippen LogP contribution in [0.15, 0.2) is 73.3 Å². The quantitative estimate of drug-likeness (QED) is 0.460. The summed E-state index contributed by atoms with van der Waals surface area (Å²) in [6.07, 6.45) is 7.26. The van der Waals surface area contributed by atoms with E-state index >= 15 is 0 Å². The maximum Gasteiger partial charge on any atom is 0.250 e. The molecule has 5 rings (SSSR count). The fraction of sp³-hybridized carbons (Fsp3) is 0.0455. The molecule has 0 spiro atoms. The van der Waals surface area contributed by atoms with Crippen molar-refractivity contribution in [2.45, 2.75) is 6.54 Å². The summed E-state index contributed by atoms with van der Waals surface area (Å²) in [6.45, 7) is 0.409. The summed E-state index contributed by atoms with van der Waals surface area (Å²) in [4.78, 5) is 20.5. The molecule has 0 aliphatic rings. The van der Waals surface area contributed by atoms with Crippen molar-refractivity contribution in [3.05, 3.63) is 89.5 Å². The minimum Gasteiger partial charge on any atom is -0.366 e. The second kappa shape index (κ2) is 7.66. The normalized spacial score (nSPS) is 11.1. The number of carbonyl (C=O) groups is 1. The minimum atomic E-state index is -0.571. The summed E-state index contributed by atoms with van der Waals surface area (Å²) in [5.74, 6) is -0.571. The van der Waals surface area contributed by atoms with Crippen LogP contribution >= 0.6 is 11.6 Å². The summed E-state index contributed by atoms with van der Waals surface area (Å²) < 4.78 is 3.68. The van der Waals surface area contributed by atoms with E-state index in [1.807, 2.05) is 53.2 Å². The molecule has 4 heterocycles. The predicted molar refractivity (Wildman–Crippen MR) is 117 cm³/mol. The Labute approximate surface area is 181 Å². The molecule has 8 nitrogen and oxygen atoms in total. The van der Waals surface area contributed by atoms with Crippen molar-refractivity contribution in [2.24, 2.45) is 5.73 Å². The van der Waals surface area contributed by atoms with E-state index in [2.05, 4.69) is 15.3 Å². The highest BCUT2D eigenvalue weighted by Gasteiger charge is 2.18. The van der Waals surface area contributed by atoms with Gasteiger partial charge in [-0.1, -0.05) is 28.9 Å². The van der Waals surface area contributed by atoms with Crippen LogP contribution in [0.4, 0.5) is 0 Å². The van der Waals surface area contributed by atoms with Crippen LogP contribution in [0, 0.1) is 0 Å². The van der Waals surface area contributed by atoms with Crippen LogP contribution in [-0.2, 0) is 6.54 Å². The maximum absolute atomic E-state index is 11.6. The predicted octanol–water partition coefficient (Wildman–Crippen LogP) is 3.46. The first-order chi connectivity index (χ1) is 15.1. The largest absolute Gasteiger partial charge is 0.366 e. The number of amides is 1. The van der Waals surface area contributed by atoms with Gasteiger partial charge in [0.2, 0.25) is 5.91 Å². The molecule has 0 saturated carbocycles. The molecule has 0 radical (unpaired) electrons. The van der Waals surface area contributed by atoms with Gasteiger partial charge in [-0.25, -0.2) is 9.67 Å². The molecule has 5 aromatic rings. The number of halogens is 1. The molecule has 0 aliphatic carbocycles. The summed E-state index contributed by atoms with van der Waals surface area (Å²) in [7, 11) is 0. The van der Waals surface area contributed by atoms with Crippen molar-refractivity contribution in [1.29, 1.82) is 0 Å². The Kier molecular flexibility index (Phi) is 4.68. The number of carbonyl (C=O) groups excluding carboxylic acids is 1. The molecular formula is C22H16ClN7O. The van der Waals surface area contributed by atoms with Crippen LogP contribution in [0.5, 0.6) is 0 Å². The van der Waals surface area contributed by atoms with Crippen molar-refractivity contribution in [1.82, 2.24) is 29.4 Å². The van der Waals surface area contributed by atoms with Crippen molar-refractivity contribution in [3.63, 3.8) is 0 Å². The standard InChI is InChI=1S/C22H16ClN7O/c23-17-5-4-14(11-16(17)22(24)31)12-29-13-18(27-28-29)21-20(15-6-8-25-9-7-15)26-19-3-1-2-10-30(19)21/h1-11,13H,12H2,(H2,24,31). The van der Waals surface area contributed by atoms with E-state index in [1.165, 1.54) is 0 Å². The lowest BCUT2D eigenvalue weighted by Gasteiger charge is -2.05. The zero-order valence-electron chi connectivity index (χ0n) is 16.2. The van der Waals surface area contributed by atoms with Gasteiger partial charge in [0.1, 0.15) is 17.0 Å². The van der Waals surface area contributed by atoms with Gasteiger partial charge in [-0.3, -0.25) is 14.2 Å². The third-order valence-electron chi connectivity index (χ3n) is 4.91. The second-order valence-electron chi connectivity index (χ2n) is 6.95. The van der Waals surface area contributed by atoms with E-state index in [0.29, 0.717) is 17.3 Å². The average molecular weight is 430 g/mol. The molecule has 2 N–H and O–H groups in total. The summed E-state index contributed by atoms with van der Waals surface area (Å²) in [6, 6.07) is 14.8. The van der Waals surface area contributed by atoms with Crippen LogP contribution < -0.4 is 5.73 Å². The molecular weight excluding hydrogens is 414 g/mol. The van der Waals surface area contributed by atoms with Gasteiger partial charge in [0.25, 0.3) is 0 Å². The molecule has 0 bridgehead atoms. The Morgan fingerprint density at radius 2 is 1.94 bits per heavy atom. The molecule has 4 aromatic heterocycles. The number of primary amides is 1. The molecule has 1 amide bonds. The molecule has 1 aromatic carbocycles. The van der Waals surface area contributed by atoms with Crippen LogP contribution in [0.3, 0.4) is 0 Å². The minimum absolute atomic E-state index is 0.279. The highest BCUT2D eigenvalue weighted by atomic mass is 35.5. The van der Waals surface area contributed by atoms with Gasteiger partial charge in [0, 0.05) is 24.2 Å². The molecule has 0 saturated heterocycles. The lowest BCUT2D eigenvalue weighted by atomic mass is 10.1. The Bertz CT molecular complexity index is 1410. The molecule has 31 heavy (non-hydrogen) atoms. The molecule has 0 aliphatic heterocycles. The average Bonchev–Trinajstić information content (AvgIpc) is 3.39. The number of aromatic nitrogens is 6. The van der Waals surface area contributed by atoms with E-state index in [1.54, 1.807) is 29.2 Å². The third-order valence-corrected chi connectivity index (χ3v) is 5.24. The number of rotatable bonds is 5. The Balaban J connectivity index is 1.56. The van der Waals surface area contributed by atoms with Crippen molar-refractivity contribution in [3.8, 4) is 22.6 Å². The maximum atomic E-state index is 11.6. The molecule has 9 heteroatoms. The van der Waals surface area contributed by atoms with Gasteiger partial charge in [-0.2, -0.15) is 0 Å². The zero-order valence-corrected chi connectivity index (χ0v) is 16.9. The van der Waals surface area contributed by atoms with Crippen molar-refractivity contribution < 1.29 is 4.79 Å². The molecule has 152 valence electrons. The van der Waals surface area contributed by atoms with Crippen LogP contribution in [0.25, 0.3) is 28.3 Å². The smallest absolute Gasteiger partial charge is 0.250 e. The van der Waals surface area contributed by atoms with E-state index in [-0.39, 0.29) is 5.56 Å². The number of pyridine rings is 2. The van der Waals surface area contributed by atoms with Crippen LogP contribution in [0.1, 0.15) is 15.9 Å². The van der Waals surface area contributed by atoms with Crippen LogP contribution in [-0.4, -0.2) is 35.3 Å². The molecule has 0 fully saturated rings. The first kappa shape index (κ1) is 19.0. The second-order valence-corrected chi connectivity index (χ2v) is 7.36. The Hall–Kier alpha value is -4.04. The number of nitrogens with zero attached hydrogens (tertiary/aromatic N) is 6. The van der Waals surface area contributed by atoms with Gasteiger partial charge in [0.15, 0.2) is 0 Å². The topological polar surface area (TPSA) is 104 Å². The number of hydrogen-bond donors (Lipinski definition) is 1. The van der Waals surface area contributed by atoms with Crippen LogP contribution in [0.2, 0.25) is 5.02 Å². The fourth-order valence-corrected chi connectivity index (χ4v) is 3.69. The van der Waals surface area contributed by atoms with Gasteiger partial charge >= 0.3 is 0 Å². The lowest BCUT2D eigenvalue weighted by Crippen LogP contribution is -2.12. The highest BCUT2D eigenvalue weighted by Crippen LogP contribution is 2.31. The lowest BCUT2D eigenvalue weighted by molar-refractivity contribution is 0.100. The Morgan fingerprint density at radius 3 is 2.74 bits per heavy atom. The summed E-state index contributed by atoms with van der Waals surface area (Å²) >= 11 is 6.05. The van der Waals surface area contributed by atoms with E-state index in [0.717, 1.165) is 28.2 Å². The van der Waals surface area contributed by atoms with E-state index < -0.39 is 5.91 Å². The fourth-order valence-electron chi connectivity index (χ4n) is 3.48. The van der Waals surface area contributed by atoms with E-state index in [4.69, 9.17) is 22.3 Å². The number of imidazole rings is 1. The SMILES string of the molecule is NC(=O)c1cc(Cn2cc(-c3c(-c4ccncc4)nc4ccccn34)nn2)ccc1Cl. The van der Waals surface area contributed by atoms with Gasteiger partial charge in [0.05, 0.1) is 29.0 Å². The van der Waals surface area contributed by atoms with Crippen molar-refractivity contribution >= 4 is 23.2 Å². The molecule has 0 atom stereocenters. The summed E-state index contributed by atoms with van der Waals surface area (Å²) in [5.41, 5.74) is 10.6. The Morgan fingerprint density at radius 1 is 1.10 bits per heavy atom. The highest BCUT2D eigenvalue weighted by molar-refractivity contribution is 6.33. The number of nitrogens with two attached hydrogens (primary N) is 1. The van der Waals surface area contributed by atoms with Gasteiger partial charge in [-0.15, -0.1) is 5.10 Å². The van der Waals surface area contributed by atoms with Crippen molar-refractivity contribution in [2.75, 3.05) is 0 Å². The number of hydrogen-bond acceptors (Lipinski definition) is 5.